The number of piperidine rings is 1. The van der Waals surface area contributed by atoms with Crippen molar-refractivity contribution in [2.45, 2.75) is 31.4 Å². The van der Waals surface area contributed by atoms with E-state index in [9.17, 15) is 9.90 Å². The Hall–Kier alpha value is -3.12. The van der Waals surface area contributed by atoms with Gasteiger partial charge in [0.15, 0.2) is 6.61 Å². The molecule has 3 heterocycles. The third kappa shape index (κ3) is 3.95. The first kappa shape index (κ1) is 19.8. The van der Waals surface area contributed by atoms with E-state index in [0.717, 1.165) is 18.5 Å². The summed E-state index contributed by atoms with van der Waals surface area (Å²) in [7, 11) is 0. The lowest BCUT2D eigenvalue weighted by atomic mass is 9.86. The number of benzene rings is 2. The summed E-state index contributed by atoms with van der Waals surface area (Å²) in [5.41, 5.74) is 3.58. The van der Waals surface area contributed by atoms with Gasteiger partial charge in [-0.15, -0.1) is 0 Å². The van der Waals surface area contributed by atoms with Crippen LogP contribution in [0, 0.1) is 5.92 Å². The number of aliphatic hydroxyl groups is 1. The third-order valence-electron chi connectivity index (χ3n) is 6.60. The Morgan fingerprint density at radius 2 is 1.84 bits per heavy atom. The minimum absolute atomic E-state index is 0.00423. The fraction of sp³-hybridized carbons (Fsp3) is 0.360. The molecule has 31 heavy (non-hydrogen) atoms. The van der Waals surface area contributed by atoms with Crippen molar-refractivity contribution in [1.82, 2.24) is 14.5 Å². The lowest BCUT2D eigenvalue weighted by Crippen LogP contribution is -2.43. The van der Waals surface area contributed by atoms with Crippen LogP contribution in [0.15, 0.2) is 67.1 Å². The van der Waals surface area contributed by atoms with Gasteiger partial charge in [-0.05, 0) is 42.9 Å². The van der Waals surface area contributed by atoms with Gasteiger partial charge in [0.05, 0.1) is 30.4 Å². The molecule has 2 atom stereocenters. The van der Waals surface area contributed by atoms with Gasteiger partial charge >= 0.3 is 0 Å². The van der Waals surface area contributed by atoms with Gasteiger partial charge in [0.1, 0.15) is 5.75 Å². The van der Waals surface area contributed by atoms with Crippen LogP contribution in [-0.2, 0) is 4.79 Å². The molecule has 1 saturated heterocycles. The SMILES string of the molecule is O=C(COc1ccccc1)N1CCC(C(O)CC2c3ccccc3-c3cncn32)CC1. The van der Waals surface area contributed by atoms with Crippen molar-refractivity contribution in [3.05, 3.63) is 72.7 Å². The first-order valence-corrected chi connectivity index (χ1v) is 11.0. The predicted octanol–water partition coefficient (Wildman–Crippen LogP) is 3.52. The van der Waals surface area contributed by atoms with Gasteiger partial charge in [0.25, 0.3) is 5.91 Å². The van der Waals surface area contributed by atoms with Gasteiger partial charge < -0.3 is 19.3 Å². The van der Waals surface area contributed by atoms with Crippen LogP contribution in [-0.4, -0.2) is 51.3 Å². The average Bonchev–Trinajstić information content (AvgIpc) is 3.41. The Labute approximate surface area is 182 Å². The molecule has 0 bridgehead atoms. The third-order valence-corrected chi connectivity index (χ3v) is 6.60. The highest BCUT2D eigenvalue weighted by atomic mass is 16.5. The van der Waals surface area contributed by atoms with E-state index in [0.29, 0.717) is 25.3 Å². The number of carbonyl (C=O) groups excluding carboxylic acids is 1. The van der Waals surface area contributed by atoms with Crippen molar-refractivity contribution in [3.63, 3.8) is 0 Å². The largest absolute Gasteiger partial charge is 0.484 e. The number of para-hydroxylation sites is 1. The van der Waals surface area contributed by atoms with Gasteiger partial charge in [0.2, 0.25) is 0 Å². The molecule has 6 heteroatoms. The molecule has 0 saturated carbocycles. The molecule has 2 aliphatic heterocycles. The summed E-state index contributed by atoms with van der Waals surface area (Å²) in [5, 5.41) is 11.0. The second-order valence-electron chi connectivity index (χ2n) is 8.41. The maximum absolute atomic E-state index is 12.5. The predicted molar refractivity (Wildman–Crippen MR) is 118 cm³/mol. The fourth-order valence-corrected chi connectivity index (χ4v) is 4.88. The van der Waals surface area contributed by atoms with E-state index >= 15 is 0 Å². The van der Waals surface area contributed by atoms with Gasteiger partial charge in [-0.2, -0.15) is 0 Å². The minimum atomic E-state index is -0.413. The molecule has 0 radical (unpaired) electrons. The topological polar surface area (TPSA) is 67.6 Å². The second kappa shape index (κ2) is 8.55. The number of imidazole rings is 1. The van der Waals surface area contributed by atoms with E-state index in [-0.39, 0.29) is 24.5 Å². The highest BCUT2D eigenvalue weighted by molar-refractivity contribution is 5.77. The zero-order valence-electron chi connectivity index (χ0n) is 17.4. The number of rotatable bonds is 6. The lowest BCUT2D eigenvalue weighted by Gasteiger charge is -2.35. The number of aliphatic hydroxyl groups excluding tert-OH is 1. The van der Waals surface area contributed by atoms with Crippen molar-refractivity contribution >= 4 is 5.91 Å². The highest BCUT2D eigenvalue weighted by Crippen LogP contribution is 2.42. The van der Waals surface area contributed by atoms with Crippen molar-refractivity contribution < 1.29 is 14.6 Å². The number of aromatic nitrogens is 2. The summed E-state index contributed by atoms with van der Waals surface area (Å²) in [6, 6.07) is 17.9. The number of hydrogen-bond acceptors (Lipinski definition) is 4. The van der Waals surface area contributed by atoms with Crippen LogP contribution in [0.2, 0.25) is 0 Å². The molecule has 1 fully saturated rings. The Morgan fingerprint density at radius 3 is 2.65 bits per heavy atom. The zero-order chi connectivity index (χ0) is 21.2. The van der Waals surface area contributed by atoms with Crippen LogP contribution in [0.1, 0.15) is 30.9 Å². The van der Waals surface area contributed by atoms with Crippen LogP contribution in [0.3, 0.4) is 0 Å². The van der Waals surface area contributed by atoms with E-state index in [1.807, 2.05) is 53.8 Å². The van der Waals surface area contributed by atoms with Crippen LogP contribution in [0.25, 0.3) is 11.3 Å². The minimum Gasteiger partial charge on any atom is -0.484 e. The summed E-state index contributed by atoms with van der Waals surface area (Å²) in [5.74, 6) is 0.903. The normalized spacial score (nSPS) is 19.0. The molecule has 1 aromatic heterocycles. The average molecular weight is 418 g/mol. The molecular formula is C25H27N3O3. The number of ether oxygens (including phenoxy) is 1. The summed E-state index contributed by atoms with van der Waals surface area (Å²) >= 11 is 0. The standard InChI is InChI=1S/C25H27N3O3/c29-24(14-22-20-8-4-5-9-21(20)23-15-26-17-28(22)23)18-10-12-27(13-11-18)25(30)16-31-19-6-2-1-3-7-19/h1-9,15,17-18,22,24,29H,10-14,16H2. The smallest absolute Gasteiger partial charge is 0.260 e. The Kier molecular flexibility index (Phi) is 5.47. The number of fused-ring (bicyclic) bond motifs is 3. The van der Waals surface area contributed by atoms with E-state index in [2.05, 4.69) is 27.8 Å². The van der Waals surface area contributed by atoms with Crippen LogP contribution in [0.5, 0.6) is 5.75 Å². The first-order chi connectivity index (χ1) is 15.2. The summed E-state index contributed by atoms with van der Waals surface area (Å²) < 4.78 is 7.77. The highest BCUT2D eigenvalue weighted by Gasteiger charge is 2.33. The molecule has 3 aromatic rings. The number of carbonyl (C=O) groups is 1. The summed E-state index contributed by atoms with van der Waals surface area (Å²) in [4.78, 5) is 18.7. The quantitative estimate of drug-likeness (QED) is 0.666. The van der Waals surface area contributed by atoms with Gasteiger partial charge in [-0.25, -0.2) is 4.98 Å². The van der Waals surface area contributed by atoms with E-state index in [1.165, 1.54) is 11.1 Å². The van der Waals surface area contributed by atoms with Gasteiger partial charge in [-0.1, -0.05) is 42.5 Å². The lowest BCUT2D eigenvalue weighted by molar-refractivity contribution is -0.135. The molecule has 160 valence electrons. The Balaban J connectivity index is 1.16. The van der Waals surface area contributed by atoms with Crippen LogP contribution >= 0.6 is 0 Å². The number of likely N-dealkylation sites (tertiary alicyclic amines) is 1. The Bertz CT molecular complexity index is 1040. The molecule has 2 aromatic carbocycles. The molecule has 6 nitrogen and oxygen atoms in total. The fourth-order valence-electron chi connectivity index (χ4n) is 4.88. The maximum Gasteiger partial charge on any atom is 0.260 e. The van der Waals surface area contributed by atoms with E-state index in [1.54, 1.807) is 0 Å². The van der Waals surface area contributed by atoms with Crippen molar-refractivity contribution in [3.8, 4) is 17.0 Å². The monoisotopic (exact) mass is 417 g/mol. The maximum atomic E-state index is 12.5. The molecular weight excluding hydrogens is 390 g/mol. The molecule has 1 N–H and O–H groups in total. The number of hydrogen-bond donors (Lipinski definition) is 1. The van der Waals surface area contributed by atoms with Crippen LogP contribution < -0.4 is 4.74 Å². The molecule has 0 spiro atoms. The molecule has 5 rings (SSSR count). The van der Waals surface area contributed by atoms with E-state index in [4.69, 9.17) is 4.74 Å². The van der Waals surface area contributed by atoms with Gasteiger partial charge in [-0.3, -0.25) is 4.79 Å². The zero-order valence-corrected chi connectivity index (χ0v) is 17.4. The summed E-state index contributed by atoms with van der Waals surface area (Å²) in [6.45, 7) is 1.38. The summed E-state index contributed by atoms with van der Waals surface area (Å²) in [6.07, 6.45) is 5.63. The molecule has 2 unspecified atom stereocenters. The number of nitrogens with zero attached hydrogens (tertiary/aromatic N) is 3. The molecule has 2 aliphatic rings. The number of amides is 1. The van der Waals surface area contributed by atoms with Crippen molar-refractivity contribution in [2.24, 2.45) is 5.92 Å². The Morgan fingerprint density at radius 1 is 1.10 bits per heavy atom. The second-order valence-corrected chi connectivity index (χ2v) is 8.41. The van der Waals surface area contributed by atoms with Crippen LogP contribution in [0.4, 0.5) is 0 Å². The first-order valence-electron chi connectivity index (χ1n) is 11.0. The van der Waals surface area contributed by atoms with E-state index < -0.39 is 6.10 Å². The molecule has 0 aliphatic carbocycles. The van der Waals surface area contributed by atoms with Crippen molar-refractivity contribution in [2.75, 3.05) is 19.7 Å². The van der Waals surface area contributed by atoms with Crippen molar-refractivity contribution in [1.29, 1.82) is 0 Å². The molecule has 1 amide bonds. The van der Waals surface area contributed by atoms with Gasteiger partial charge in [0, 0.05) is 18.7 Å².